The summed E-state index contributed by atoms with van der Waals surface area (Å²) in [5.74, 6) is 0.666. The SMILES string of the molecule is CNC1(C)CCN(CCC(C)c2ccccc2)CC1. The molecule has 1 fully saturated rings. The van der Waals surface area contributed by atoms with Gasteiger partial charge in [0.25, 0.3) is 0 Å². The summed E-state index contributed by atoms with van der Waals surface area (Å²) in [4.78, 5) is 2.62. The van der Waals surface area contributed by atoms with Gasteiger partial charge >= 0.3 is 0 Å². The summed E-state index contributed by atoms with van der Waals surface area (Å²) in [6, 6.07) is 10.9. The first-order valence-corrected chi connectivity index (χ1v) is 7.59. The van der Waals surface area contributed by atoms with Crippen molar-refractivity contribution in [3.8, 4) is 0 Å². The molecular weight excluding hydrogens is 232 g/mol. The van der Waals surface area contributed by atoms with Crippen LogP contribution < -0.4 is 5.32 Å². The normalized spacial score (nSPS) is 21.2. The molecule has 0 saturated carbocycles. The van der Waals surface area contributed by atoms with Crippen molar-refractivity contribution in [2.75, 3.05) is 26.7 Å². The van der Waals surface area contributed by atoms with E-state index in [-0.39, 0.29) is 0 Å². The van der Waals surface area contributed by atoms with E-state index in [1.165, 1.54) is 44.5 Å². The second kappa shape index (κ2) is 6.53. The van der Waals surface area contributed by atoms with Gasteiger partial charge < -0.3 is 10.2 Å². The van der Waals surface area contributed by atoms with Gasteiger partial charge in [-0.3, -0.25) is 0 Å². The summed E-state index contributed by atoms with van der Waals surface area (Å²) in [5, 5.41) is 3.46. The van der Waals surface area contributed by atoms with Gasteiger partial charge in [0.05, 0.1) is 0 Å². The highest BCUT2D eigenvalue weighted by molar-refractivity contribution is 5.18. The van der Waals surface area contributed by atoms with E-state index in [1.807, 2.05) is 0 Å². The van der Waals surface area contributed by atoms with Crippen molar-refractivity contribution in [2.24, 2.45) is 0 Å². The monoisotopic (exact) mass is 260 g/mol. The lowest BCUT2D eigenvalue weighted by atomic mass is 9.89. The molecule has 0 amide bonds. The smallest absolute Gasteiger partial charge is 0.0174 e. The van der Waals surface area contributed by atoms with Crippen molar-refractivity contribution in [1.29, 1.82) is 0 Å². The molecule has 0 aromatic heterocycles. The Morgan fingerprint density at radius 3 is 2.42 bits per heavy atom. The predicted octanol–water partition coefficient (Wildman–Crippen LogP) is 3.25. The van der Waals surface area contributed by atoms with Gasteiger partial charge in [0.1, 0.15) is 0 Å². The van der Waals surface area contributed by atoms with Crippen LogP contribution in [0.1, 0.15) is 44.6 Å². The van der Waals surface area contributed by atoms with Crippen LogP contribution in [0.25, 0.3) is 0 Å². The van der Waals surface area contributed by atoms with Crippen molar-refractivity contribution in [3.05, 3.63) is 35.9 Å². The van der Waals surface area contributed by atoms with Crippen molar-refractivity contribution >= 4 is 0 Å². The Hall–Kier alpha value is -0.860. The van der Waals surface area contributed by atoms with Crippen LogP contribution in [0.2, 0.25) is 0 Å². The zero-order valence-electron chi connectivity index (χ0n) is 12.7. The van der Waals surface area contributed by atoms with E-state index < -0.39 is 0 Å². The average molecular weight is 260 g/mol. The minimum atomic E-state index is 0.363. The van der Waals surface area contributed by atoms with Crippen molar-refractivity contribution in [3.63, 3.8) is 0 Å². The minimum Gasteiger partial charge on any atom is -0.314 e. The Kier molecular flexibility index (Phi) is 5.00. The topological polar surface area (TPSA) is 15.3 Å². The second-order valence-electron chi connectivity index (χ2n) is 6.25. The number of piperidine rings is 1. The fourth-order valence-corrected chi connectivity index (χ4v) is 2.84. The van der Waals surface area contributed by atoms with Gasteiger partial charge in [0.2, 0.25) is 0 Å². The average Bonchev–Trinajstić information content (AvgIpc) is 2.47. The number of hydrogen-bond acceptors (Lipinski definition) is 2. The summed E-state index contributed by atoms with van der Waals surface area (Å²) in [7, 11) is 2.09. The molecule has 106 valence electrons. The van der Waals surface area contributed by atoms with E-state index in [2.05, 4.69) is 61.4 Å². The molecule has 1 saturated heterocycles. The number of benzene rings is 1. The molecule has 19 heavy (non-hydrogen) atoms. The molecule has 1 heterocycles. The lowest BCUT2D eigenvalue weighted by molar-refractivity contribution is 0.149. The van der Waals surface area contributed by atoms with Crippen LogP contribution >= 0.6 is 0 Å². The van der Waals surface area contributed by atoms with E-state index in [9.17, 15) is 0 Å². The van der Waals surface area contributed by atoms with Gasteiger partial charge in [-0.15, -0.1) is 0 Å². The molecule has 0 aliphatic carbocycles. The van der Waals surface area contributed by atoms with Crippen LogP contribution in [0.3, 0.4) is 0 Å². The highest BCUT2D eigenvalue weighted by Gasteiger charge is 2.27. The lowest BCUT2D eigenvalue weighted by Gasteiger charge is -2.39. The largest absolute Gasteiger partial charge is 0.314 e. The highest BCUT2D eigenvalue weighted by Crippen LogP contribution is 2.23. The van der Waals surface area contributed by atoms with E-state index in [1.54, 1.807) is 0 Å². The Morgan fingerprint density at radius 1 is 1.21 bits per heavy atom. The molecule has 0 spiro atoms. The van der Waals surface area contributed by atoms with Crippen molar-refractivity contribution in [2.45, 2.75) is 44.6 Å². The van der Waals surface area contributed by atoms with Crippen LogP contribution in [0.4, 0.5) is 0 Å². The summed E-state index contributed by atoms with van der Waals surface area (Å²) in [5.41, 5.74) is 1.83. The van der Waals surface area contributed by atoms with Crippen LogP contribution in [-0.2, 0) is 0 Å². The summed E-state index contributed by atoms with van der Waals surface area (Å²) < 4.78 is 0. The van der Waals surface area contributed by atoms with Gasteiger partial charge in [0.15, 0.2) is 0 Å². The first-order chi connectivity index (χ1) is 9.13. The van der Waals surface area contributed by atoms with Gasteiger partial charge in [-0.25, -0.2) is 0 Å². The quantitative estimate of drug-likeness (QED) is 0.874. The molecule has 1 aliphatic rings. The van der Waals surface area contributed by atoms with Gasteiger partial charge in [-0.2, -0.15) is 0 Å². The van der Waals surface area contributed by atoms with Gasteiger partial charge in [0, 0.05) is 5.54 Å². The minimum absolute atomic E-state index is 0.363. The first-order valence-electron chi connectivity index (χ1n) is 7.59. The molecule has 1 N–H and O–H groups in total. The van der Waals surface area contributed by atoms with Crippen molar-refractivity contribution < 1.29 is 0 Å². The lowest BCUT2D eigenvalue weighted by Crippen LogP contribution is -2.50. The van der Waals surface area contributed by atoms with E-state index in [0.29, 0.717) is 11.5 Å². The molecule has 1 atom stereocenters. The maximum atomic E-state index is 3.46. The first kappa shape index (κ1) is 14.5. The molecule has 0 radical (unpaired) electrons. The second-order valence-corrected chi connectivity index (χ2v) is 6.25. The molecule has 1 aliphatic heterocycles. The van der Waals surface area contributed by atoms with Crippen LogP contribution in [0.5, 0.6) is 0 Å². The van der Waals surface area contributed by atoms with E-state index >= 15 is 0 Å². The van der Waals surface area contributed by atoms with E-state index in [4.69, 9.17) is 0 Å². The zero-order valence-corrected chi connectivity index (χ0v) is 12.7. The number of hydrogen-bond donors (Lipinski definition) is 1. The number of nitrogens with zero attached hydrogens (tertiary/aromatic N) is 1. The number of likely N-dealkylation sites (tertiary alicyclic amines) is 1. The molecule has 1 aromatic rings. The molecule has 2 heteroatoms. The summed E-state index contributed by atoms with van der Waals surface area (Å²) in [6.45, 7) is 8.39. The van der Waals surface area contributed by atoms with Gasteiger partial charge in [-0.05, 0) is 64.3 Å². The third kappa shape index (κ3) is 4.05. The maximum absolute atomic E-state index is 3.46. The standard InChI is InChI=1S/C17H28N2/c1-15(16-7-5-4-6-8-16)9-12-19-13-10-17(2,18-3)11-14-19/h4-8,15,18H,9-14H2,1-3H3. The van der Waals surface area contributed by atoms with Crippen LogP contribution in [-0.4, -0.2) is 37.1 Å². The summed E-state index contributed by atoms with van der Waals surface area (Å²) >= 11 is 0. The fourth-order valence-electron chi connectivity index (χ4n) is 2.84. The molecule has 1 aromatic carbocycles. The van der Waals surface area contributed by atoms with Crippen molar-refractivity contribution in [1.82, 2.24) is 10.2 Å². The number of rotatable bonds is 5. The fraction of sp³-hybridized carbons (Fsp3) is 0.647. The molecule has 1 unspecified atom stereocenters. The molecular formula is C17H28N2. The molecule has 0 bridgehead atoms. The molecule has 2 nitrogen and oxygen atoms in total. The maximum Gasteiger partial charge on any atom is 0.0174 e. The Balaban J connectivity index is 1.75. The zero-order chi connectivity index (χ0) is 13.7. The van der Waals surface area contributed by atoms with E-state index in [0.717, 1.165) is 0 Å². The number of nitrogens with one attached hydrogen (secondary N) is 1. The Labute approximate surface area is 118 Å². The summed E-state index contributed by atoms with van der Waals surface area (Å²) in [6.07, 6.45) is 3.80. The predicted molar refractivity (Wildman–Crippen MR) is 82.6 cm³/mol. The van der Waals surface area contributed by atoms with Gasteiger partial charge in [-0.1, -0.05) is 37.3 Å². The van der Waals surface area contributed by atoms with Crippen LogP contribution in [0.15, 0.2) is 30.3 Å². The third-order valence-electron chi connectivity index (χ3n) is 4.81. The highest BCUT2D eigenvalue weighted by atomic mass is 15.1. The van der Waals surface area contributed by atoms with Crippen LogP contribution in [0, 0.1) is 0 Å². The Morgan fingerprint density at radius 2 is 1.84 bits per heavy atom. The third-order valence-corrected chi connectivity index (χ3v) is 4.81. The molecule has 2 rings (SSSR count). The Bertz CT molecular complexity index is 366.